The molecule has 0 aromatic heterocycles. The van der Waals surface area contributed by atoms with Crippen molar-refractivity contribution in [1.82, 2.24) is 0 Å². The van der Waals surface area contributed by atoms with E-state index in [-0.39, 0.29) is 0 Å². The van der Waals surface area contributed by atoms with Gasteiger partial charge in [-0.05, 0) is 63.1 Å². The van der Waals surface area contributed by atoms with Gasteiger partial charge in [0.15, 0.2) is 0 Å². The van der Waals surface area contributed by atoms with Crippen LogP contribution in [0.5, 0.6) is 0 Å². The standard InChI is InChI=1S/C18H18Cl2N2/c1-11-5-7-15(19)9-17(11)21-13(3)14(4)22-18-10-16(20)8-6-12(18)2/h5-10H,1-4H3. The van der Waals surface area contributed by atoms with Crippen LogP contribution in [0.15, 0.2) is 46.4 Å². The first kappa shape index (κ1) is 16.7. The zero-order valence-corrected chi connectivity index (χ0v) is 14.6. The van der Waals surface area contributed by atoms with Crippen LogP contribution < -0.4 is 0 Å². The van der Waals surface area contributed by atoms with Crippen molar-refractivity contribution in [3.63, 3.8) is 0 Å². The van der Waals surface area contributed by atoms with E-state index in [4.69, 9.17) is 23.2 Å². The molecule has 0 amide bonds. The van der Waals surface area contributed by atoms with E-state index in [0.717, 1.165) is 33.9 Å². The van der Waals surface area contributed by atoms with Gasteiger partial charge in [0.05, 0.1) is 22.8 Å². The first-order valence-electron chi connectivity index (χ1n) is 7.00. The van der Waals surface area contributed by atoms with Gasteiger partial charge in [-0.15, -0.1) is 0 Å². The third-order valence-corrected chi connectivity index (χ3v) is 3.91. The summed E-state index contributed by atoms with van der Waals surface area (Å²) in [5.74, 6) is 0. The Hall–Kier alpha value is -1.64. The van der Waals surface area contributed by atoms with Crippen LogP contribution in [0.4, 0.5) is 11.4 Å². The zero-order chi connectivity index (χ0) is 16.3. The predicted octanol–water partition coefficient (Wildman–Crippen LogP) is 6.50. The van der Waals surface area contributed by atoms with E-state index in [0.29, 0.717) is 10.0 Å². The topological polar surface area (TPSA) is 24.7 Å². The van der Waals surface area contributed by atoms with Gasteiger partial charge in [0.2, 0.25) is 0 Å². The third kappa shape index (κ3) is 4.19. The number of rotatable bonds is 3. The summed E-state index contributed by atoms with van der Waals surface area (Å²) in [4.78, 5) is 9.27. The molecule has 0 radical (unpaired) electrons. The Balaban J connectivity index is 2.37. The van der Waals surface area contributed by atoms with Crippen molar-refractivity contribution in [2.45, 2.75) is 27.7 Å². The minimum atomic E-state index is 0.678. The van der Waals surface area contributed by atoms with E-state index in [9.17, 15) is 0 Å². The number of halogens is 2. The van der Waals surface area contributed by atoms with Crippen LogP contribution >= 0.6 is 23.2 Å². The largest absolute Gasteiger partial charge is 0.252 e. The second-order valence-electron chi connectivity index (χ2n) is 5.26. The van der Waals surface area contributed by atoms with E-state index in [1.807, 2.05) is 64.1 Å². The van der Waals surface area contributed by atoms with E-state index in [2.05, 4.69) is 9.98 Å². The lowest BCUT2D eigenvalue weighted by atomic mass is 10.2. The van der Waals surface area contributed by atoms with E-state index < -0.39 is 0 Å². The van der Waals surface area contributed by atoms with Crippen LogP contribution in [0.25, 0.3) is 0 Å². The molecule has 4 heteroatoms. The Morgan fingerprint density at radius 3 is 1.45 bits per heavy atom. The summed E-state index contributed by atoms with van der Waals surface area (Å²) in [6.07, 6.45) is 0. The maximum atomic E-state index is 6.03. The zero-order valence-electron chi connectivity index (χ0n) is 13.1. The monoisotopic (exact) mass is 332 g/mol. The molecule has 2 rings (SSSR count). The van der Waals surface area contributed by atoms with Crippen LogP contribution in [0.3, 0.4) is 0 Å². The third-order valence-electron chi connectivity index (χ3n) is 3.44. The highest BCUT2D eigenvalue weighted by Crippen LogP contribution is 2.25. The van der Waals surface area contributed by atoms with Crippen LogP contribution in [-0.4, -0.2) is 11.4 Å². The maximum Gasteiger partial charge on any atom is 0.0677 e. The quantitative estimate of drug-likeness (QED) is 0.573. The Morgan fingerprint density at radius 2 is 1.09 bits per heavy atom. The molecule has 2 aromatic carbocycles. The average Bonchev–Trinajstić information content (AvgIpc) is 2.46. The Kier molecular flexibility index (Phi) is 5.38. The van der Waals surface area contributed by atoms with Gasteiger partial charge >= 0.3 is 0 Å². The van der Waals surface area contributed by atoms with Gasteiger partial charge in [0.1, 0.15) is 0 Å². The highest BCUT2D eigenvalue weighted by molar-refractivity contribution is 6.41. The Morgan fingerprint density at radius 1 is 0.727 bits per heavy atom. The molecule has 0 heterocycles. The average molecular weight is 333 g/mol. The van der Waals surface area contributed by atoms with Crippen LogP contribution in [0, 0.1) is 13.8 Å². The van der Waals surface area contributed by atoms with Gasteiger partial charge in [0, 0.05) is 10.0 Å². The molecular formula is C18H18Cl2N2. The first-order chi connectivity index (χ1) is 10.4. The lowest BCUT2D eigenvalue weighted by Gasteiger charge is -2.06. The number of benzene rings is 2. The summed E-state index contributed by atoms with van der Waals surface area (Å²) in [5, 5.41) is 1.36. The molecule has 22 heavy (non-hydrogen) atoms. The molecule has 2 aromatic rings. The van der Waals surface area contributed by atoms with Gasteiger partial charge in [-0.3, -0.25) is 9.98 Å². The molecule has 0 atom stereocenters. The summed E-state index contributed by atoms with van der Waals surface area (Å²) in [6.45, 7) is 7.91. The first-order valence-corrected chi connectivity index (χ1v) is 7.75. The molecule has 0 saturated heterocycles. The van der Waals surface area contributed by atoms with E-state index >= 15 is 0 Å². The van der Waals surface area contributed by atoms with Crippen molar-refractivity contribution in [1.29, 1.82) is 0 Å². The smallest absolute Gasteiger partial charge is 0.0677 e. The second-order valence-corrected chi connectivity index (χ2v) is 6.13. The van der Waals surface area contributed by atoms with Gasteiger partial charge in [-0.2, -0.15) is 0 Å². The van der Waals surface area contributed by atoms with Crippen molar-refractivity contribution in [3.8, 4) is 0 Å². The van der Waals surface area contributed by atoms with Crippen molar-refractivity contribution < 1.29 is 0 Å². The Labute approximate surface area is 141 Å². The summed E-state index contributed by atoms with van der Waals surface area (Å²) in [7, 11) is 0. The molecule has 0 unspecified atom stereocenters. The number of hydrogen-bond donors (Lipinski definition) is 0. The van der Waals surface area contributed by atoms with E-state index in [1.165, 1.54) is 0 Å². The van der Waals surface area contributed by atoms with Crippen LogP contribution in [0.2, 0.25) is 10.0 Å². The summed E-state index contributed by atoms with van der Waals surface area (Å²) in [6, 6.07) is 11.4. The molecule has 0 aliphatic rings. The lowest BCUT2D eigenvalue weighted by molar-refractivity contribution is 1.38. The van der Waals surface area contributed by atoms with Gasteiger partial charge in [0.25, 0.3) is 0 Å². The molecule has 0 spiro atoms. The molecule has 114 valence electrons. The molecule has 0 bridgehead atoms. The maximum absolute atomic E-state index is 6.03. The number of aliphatic imine (C=N–C) groups is 2. The normalized spacial score (nSPS) is 12.6. The molecule has 0 fully saturated rings. The highest BCUT2D eigenvalue weighted by Gasteiger charge is 2.04. The summed E-state index contributed by atoms with van der Waals surface area (Å²) in [5.41, 5.74) is 5.59. The van der Waals surface area contributed by atoms with E-state index in [1.54, 1.807) is 0 Å². The minimum absolute atomic E-state index is 0.678. The molecular weight excluding hydrogens is 315 g/mol. The SMILES string of the molecule is CC(=Nc1cc(Cl)ccc1C)C(C)=Nc1cc(Cl)ccc1C. The van der Waals surface area contributed by atoms with Crippen molar-refractivity contribution in [3.05, 3.63) is 57.6 Å². The second kappa shape index (κ2) is 7.08. The number of hydrogen-bond acceptors (Lipinski definition) is 2. The predicted molar refractivity (Wildman–Crippen MR) is 97.9 cm³/mol. The fraction of sp³-hybridized carbons (Fsp3) is 0.222. The van der Waals surface area contributed by atoms with Gasteiger partial charge in [-0.25, -0.2) is 0 Å². The molecule has 0 aliphatic heterocycles. The summed E-state index contributed by atoms with van der Waals surface area (Å²) < 4.78 is 0. The van der Waals surface area contributed by atoms with Crippen molar-refractivity contribution >= 4 is 46.0 Å². The van der Waals surface area contributed by atoms with Gasteiger partial charge in [-0.1, -0.05) is 35.3 Å². The van der Waals surface area contributed by atoms with Gasteiger partial charge < -0.3 is 0 Å². The highest BCUT2D eigenvalue weighted by atomic mass is 35.5. The number of aryl methyl sites for hydroxylation is 2. The van der Waals surface area contributed by atoms with Crippen molar-refractivity contribution in [2.24, 2.45) is 9.98 Å². The summed E-state index contributed by atoms with van der Waals surface area (Å²) >= 11 is 12.1. The van der Waals surface area contributed by atoms with Crippen molar-refractivity contribution in [2.75, 3.05) is 0 Å². The lowest BCUT2D eigenvalue weighted by Crippen LogP contribution is -2.05. The number of nitrogens with zero attached hydrogens (tertiary/aromatic N) is 2. The fourth-order valence-corrected chi connectivity index (χ4v) is 2.26. The van der Waals surface area contributed by atoms with Crippen LogP contribution in [-0.2, 0) is 0 Å². The van der Waals surface area contributed by atoms with Crippen LogP contribution in [0.1, 0.15) is 25.0 Å². The fourth-order valence-electron chi connectivity index (χ4n) is 1.93. The molecule has 0 aliphatic carbocycles. The molecule has 2 nitrogen and oxygen atoms in total. The molecule has 0 N–H and O–H groups in total. The molecule has 0 saturated carbocycles. The minimum Gasteiger partial charge on any atom is -0.252 e. The Bertz CT molecular complexity index is 696.